The van der Waals surface area contributed by atoms with Gasteiger partial charge >= 0.3 is 0 Å². The lowest BCUT2D eigenvalue weighted by atomic mass is 9.75. The maximum absolute atomic E-state index is 14.0. The fraction of sp³-hybridized carbons (Fsp3) is 0.923. The third-order valence-electron chi connectivity index (χ3n) is 8.97. The van der Waals surface area contributed by atoms with Crippen LogP contribution in [0, 0.1) is 17.8 Å². The highest BCUT2D eigenvalue weighted by atomic mass is 16.2. The molecule has 3 fully saturated rings. The van der Waals surface area contributed by atoms with E-state index in [4.69, 9.17) is 10.7 Å². The molecule has 0 aromatic rings. The fourth-order valence-electron chi connectivity index (χ4n) is 7.06. The summed E-state index contributed by atoms with van der Waals surface area (Å²) < 4.78 is 0. The molecule has 0 saturated heterocycles. The van der Waals surface area contributed by atoms with E-state index in [9.17, 15) is 4.79 Å². The van der Waals surface area contributed by atoms with E-state index < -0.39 is 5.54 Å². The maximum atomic E-state index is 14.0. The molecule has 0 aromatic heterocycles. The molecular formula is C26H45N3O. The highest BCUT2D eigenvalue weighted by Gasteiger charge is 2.50. The van der Waals surface area contributed by atoms with Gasteiger partial charge in [0.05, 0.1) is 0 Å². The predicted octanol–water partition coefficient (Wildman–Crippen LogP) is 6.18. The van der Waals surface area contributed by atoms with Crippen LogP contribution in [-0.2, 0) is 4.79 Å². The predicted molar refractivity (Wildman–Crippen MR) is 124 cm³/mol. The molecule has 1 unspecified atom stereocenters. The molecule has 0 spiro atoms. The summed E-state index contributed by atoms with van der Waals surface area (Å²) in [5.74, 6) is 2.80. The second-order valence-corrected chi connectivity index (χ2v) is 11.1. The first kappa shape index (κ1) is 22.1. The zero-order valence-electron chi connectivity index (χ0n) is 19.4. The SMILES string of the molecule is CC(C1CCCCC1)N1C(=O)[C@@](CCC2CCCCC2)(CC2CCCCC2)N=C1N. The molecule has 30 heavy (non-hydrogen) atoms. The topological polar surface area (TPSA) is 58.7 Å². The van der Waals surface area contributed by atoms with Gasteiger partial charge in [-0.2, -0.15) is 0 Å². The molecule has 4 heteroatoms. The molecule has 3 aliphatic carbocycles. The minimum atomic E-state index is -0.563. The fourth-order valence-corrected chi connectivity index (χ4v) is 7.06. The summed E-state index contributed by atoms with van der Waals surface area (Å²) in [5.41, 5.74) is 5.96. The normalized spacial score (nSPS) is 31.2. The van der Waals surface area contributed by atoms with E-state index in [0.29, 0.717) is 17.8 Å². The summed E-state index contributed by atoms with van der Waals surface area (Å²) in [6.45, 7) is 2.23. The van der Waals surface area contributed by atoms with Crippen LogP contribution in [-0.4, -0.2) is 28.3 Å². The highest BCUT2D eigenvalue weighted by molar-refractivity contribution is 6.07. The summed E-state index contributed by atoms with van der Waals surface area (Å²) in [6.07, 6.45) is 22.7. The van der Waals surface area contributed by atoms with E-state index in [1.54, 1.807) is 0 Å². The van der Waals surface area contributed by atoms with Crippen LogP contribution in [0.1, 0.15) is 122 Å². The van der Waals surface area contributed by atoms with Crippen molar-refractivity contribution in [2.45, 2.75) is 134 Å². The lowest BCUT2D eigenvalue weighted by Gasteiger charge is -2.37. The van der Waals surface area contributed by atoms with Gasteiger partial charge in [-0.3, -0.25) is 9.69 Å². The third-order valence-corrected chi connectivity index (χ3v) is 8.97. The number of carbonyl (C=O) groups is 1. The second kappa shape index (κ2) is 10.0. The summed E-state index contributed by atoms with van der Waals surface area (Å²) in [4.78, 5) is 21.0. The largest absolute Gasteiger partial charge is 0.369 e. The van der Waals surface area contributed by atoms with Crippen LogP contribution in [0.25, 0.3) is 0 Å². The number of hydrogen-bond donors (Lipinski definition) is 1. The molecular weight excluding hydrogens is 370 g/mol. The van der Waals surface area contributed by atoms with E-state index in [1.165, 1.54) is 96.3 Å². The molecule has 1 amide bonds. The van der Waals surface area contributed by atoms with Gasteiger partial charge in [0.2, 0.25) is 0 Å². The van der Waals surface area contributed by atoms with Gasteiger partial charge in [0.25, 0.3) is 5.91 Å². The number of aliphatic imine (C=N–C) groups is 1. The quantitative estimate of drug-likeness (QED) is 0.539. The van der Waals surface area contributed by atoms with E-state index in [0.717, 1.165) is 25.2 Å². The van der Waals surface area contributed by atoms with Crippen molar-refractivity contribution in [1.29, 1.82) is 0 Å². The van der Waals surface area contributed by atoms with Crippen LogP contribution in [0.15, 0.2) is 4.99 Å². The van der Waals surface area contributed by atoms with E-state index in [1.807, 2.05) is 4.90 Å². The molecule has 4 nitrogen and oxygen atoms in total. The van der Waals surface area contributed by atoms with Crippen molar-refractivity contribution in [3.05, 3.63) is 0 Å². The lowest BCUT2D eigenvalue weighted by Crippen LogP contribution is -2.51. The molecule has 170 valence electrons. The number of guanidine groups is 1. The van der Waals surface area contributed by atoms with Crippen molar-refractivity contribution in [3.63, 3.8) is 0 Å². The molecule has 1 aliphatic heterocycles. The van der Waals surface area contributed by atoms with Crippen molar-refractivity contribution >= 4 is 11.9 Å². The zero-order chi connectivity index (χ0) is 21.0. The Hall–Kier alpha value is -1.06. The number of hydrogen-bond acceptors (Lipinski definition) is 3. The van der Waals surface area contributed by atoms with Crippen LogP contribution in [0.5, 0.6) is 0 Å². The van der Waals surface area contributed by atoms with Gasteiger partial charge in [-0.1, -0.05) is 83.5 Å². The molecule has 1 heterocycles. The van der Waals surface area contributed by atoms with Gasteiger partial charge in [-0.05, 0) is 56.8 Å². The van der Waals surface area contributed by atoms with Gasteiger partial charge in [0, 0.05) is 6.04 Å². The van der Waals surface area contributed by atoms with Gasteiger partial charge in [0.1, 0.15) is 5.54 Å². The zero-order valence-corrected chi connectivity index (χ0v) is 19.4. The molecule has 2 N–H and O–H groups in total. The molecule has 4 rings (SSSR count). The van der Waals surface area contributed by atoms with Crippen molar-refractivity contribution in [1.82, 2.24) is 4.90 Å². The Morgan fingerprint density at radius 2 is 1.43 bits per heavy atom. The lowest BCUT2D eigenvalue weighted by molar-refractivity contribution is -0.134. The first-order valence-electron chi connectivity index (χ1n) is 13.3. The first-order chi connectivity index (χ1) is 14.6. The third kappa shape index (κ3) is 4.88. The van der Waals surface area contributed by atoms with Crippen LogP contribution >= 0.6 is 0 Å². The van der Waals surface area contributed by atoms with Crippen molar-refractivity contribution in [2.75, 3.05) is 0 Å². The summed E-state index contributed by atoms with van der Waals surface area (Å²) in [6, 6.07) is 0.199. The Bertz CT molecular complexity index is 599. The van der Waals surface area contributed by atoms with Crippen LogP contribution < -0.4 is 5.73 Å². The van der Waals surface area contributed by atoms with Crippen molar-refractivity contribution in [3.8, 4) is 0 Å². The molecule has 3 saturated carbocycles. The summed E-state index contributed by atoms with van der Waals surface area (Å²) in [7, 11) is 0. The van der Waals surface area contributed by atoms with Crippen LogP contribution in [0.3, 0.4) is 0 Å². The van der Waals surface area contributed by atoms with Gasteiger partial charge < -0.3 is 5.73 Å². The number of nitrogens with two attached hydrogens (primary N) is 1. The standard InChI is InChI=1S/C26H45N3O/c1-20(23-15-9-4-10-16-23)29-24(30)26(28-25(29)27,19-22-13-7-3-8-14-22)18-17-21-11-5-2-6-12-21/h20-23H,2-19H2,1H3,(H2,27,28)/t20?,26-/m1/s1. The number of carbonyl (C=O) groups excluding carboxylic acids is 1. The highest BCUT2D eigenvalue weighted by Crippen LogP contribution is 2.42. The Labute approximate surface area is 184 Å². The molecule has 0 bridgehead atoms. The Balaban J connectivity index is 1.50. The van der Waals surface area contributed by atoms with E-state index in [-0.39, 0.29) is 11.9 Å². The Morgan fingerprint density at radius 1 is 0.900 bits per heavy atom. The Morgan fingerprint density at radius 3 is 2.03 bits per heavy atom. The monoisotopic (exact) mass is 415 g/mol. The smallest absolute Gasteiger partial charge is 0.257 e. The van der Waals surface area contributed by atoms with Crippen LogP contribution in [0.4, 0.5) is 0 Å². The average molecular weight is 416 g/mol. The number of rotatable bonds is 7. The average Bonchev–Trinajstić information content (AvgIpc) is 3.03. The maximum Gasteiger partial charge on any atom is 0.257 e. The molecule has 0 radical (unpaired) electrons. The molecule has 4 aliphatic rings. The number of amides is 1. The van der Waals surface area contributed by atoms with Crippen molar-refractivity contribution < 1.29 is 4.79 Å². The van der Waals surface area contributed by atoms with E-state index >= 15 is 0 Å². The first-order valence-corrected chi connectivity index (χ1v) is 13.3. The summed E-state index contributed by atoms with van der Waals surface area (Å²) >= 11 is 0. The van der Waals surface area contributed by atoms with E-state index in [2.05, 4.69) is 6.92 Å². The Kier molecular flexibility index (Phi) is 7.41. The van der Waals surface area contributed by atoms with Crippen LogP contribution in [0.2, 0.25) is 0 Å². The minimum absolute atomic E-state index is 0.199. The van der Waals surface area contributed by atoms with Gasteiger partial charge in [-0.15, -0.1) is 0 Å². The summed E-state index contributed by atoms with van der Waals surface area (Å²) in [5, 5.41) is 0. The molecule has 2 atom stereocenters. The van der Waals surface area contributed by atoms with Gasteiger partial charge in [-0.25, -0.2) is 4.99 Å². The van der Waals surface area contributed by atoms with Crippen molar-refractivity contribution in [2.24, 2.45) is 28.5 Å². The number of nitrogens with zero attached hydrogens (tertiary/aromatic N) is 2. The second-order valence-electron chi connectivity index (χ2n) is 11.1. The molecule has 0 aromatic carbocycles. The van der Waals surface area contributed by atoms with Gasteiger partial charge in [0.15, 0.2) is 5.96 Å². The minimum Gasteiger partial charge on any atom is -0.369 e.